The molecule has 1 heterocycles. The number of methoxy groups -OCH3 is 1. The third-order valence-electron chi connectivity index (χ3n) is 5.06. The number of ether oxygens (including phenoxy) is 1. The highest BCUT2D eigenvalue weighted by atomic mass is 19.4. The number of pyridine rings is 1. The van der Waals surface area contributed by atoms with Crippen molar-refractivity contribution in [1.29, 1.82) is 0 Å². The van der Waals surface area contributed by atoms with E-state index < -0.39 is 18.5 Å². The average Bonchev–Trinajstić information content (AvgIpc) is 2.74. The topological polar surface area (TPSA) is 54.8 Å². The molecule has 1 aromatic heterocycles. The number of halogens is 3. The van der Waals surface area contributed by atoms with E-state index in [2.05, 4.69) is 21.6 Å². The number of hydrogen-bond donors (Lipinski definition) is 0. The van der Waals surface area contributed by atoms with Crippen molar-refractivity contribution in [3.8, 4) is 0 Å². The molecule has 0 aliphatic rings. The maximum atomic E-state index is 12.1. The molecule has 31 heavy (non-hydrogen) atoms. The Labute approximate surface area is 183 Å². The van der Waals surface area contributed by atoms with Gasteiger partial charge in [0.05, 0.1) is 36.3 Å². The van der Waals surface area contributed by atoms with Gasteiger partial charge < -0.3 is 9.64 Å². The van der Waals surface area contributed by atoms with Crippen LogP contribution in [-0.4, -0.2) is 44.5 Å². The first-order chi connectivity index (χ1) is 14.7. The summed E-state index contributed by atoms with van der Waals surface area (Å²) in [5.74, 6) is -0.793. The molecule has 174 valence electrons. The lowest BCUT2D eigenvalue weighted by molar-refractivity contribution is -0.143. The van der Waals surface area contributed by atoms with Crippen molar-refractivity contribution in [3.05, 3.63) is 30.1 Å². The SMILES string of the molecule is C=N/C(=C\[C@H](C)C(=O)OC)c1ccc(N(C)CCCCCCCCCC(F)(F)F)cn1. The Kier molecular flexibility index (Phi) is 11.9. The number of aromatic nitrogens is 1. The number of aliphatic imine (C=N–C) groups is 1. The number of hydrogen-bond acceptors (Lipinski definition) is 5. The smallest absolute Gasteiger partial charge is 0.389 e. The minimum atomic E-state index is -4.03. The van der Waals surface area contributed by atoms with Gasteiger partial charge in [0.15, 0.2) is 0 Å². The molecule has 0 unspecified atom stereocenters. The first-order valence-corrected chi connectivity index (χ1v) is 10.7. The van der Waals surface area contributed by atoms with E-state index in [-0.39, 0.29) is 12.4 Å². The number of unbranched alkanes of at least 4 members (excludes halogenated alkanes) is 6. The summed E-state index contributed by atoms with van der Waals surface area (Å²) < 4.78 is 41.0. The second-order valence-electron chi connectivity index (χ2n) is 7.69. The molecule has 0 radical (unpaired) electrons. The van der Waals surface area contributed by atoms with Crippen molar-refractivity contribution in [2.45, 2.75) is 64.5 Å². The van der Waals surface area contributed by atoms with Crippen LogP contribution in [-0.2, 0) is 9.53 Å². The van der Waals surface area contributed by atoms with E-state index in [0.29, 0.717) is 17.8 Å². The Bertz CT molecular complexity index is 703. The molecule has 8 heteroatoms. The van der Waals surface area contributed by atoms with Crippen LogP contribution < -0.4 is 4.90 Å². The zero-order valence-electron chi connectivity index (χ0n) is 18.7. The summed E-state index contributed by atoms with van der Waals surface area (Å²) in [5, 5.41) is 0. The molecule has 1 aromatic rings. The first-order valence-electron chi connectivity index (χ1n) is 10.7. The fraction of sp³-hybridized carbons (Fsp3) is 0.609. The van der Waals surface area contributed by atoms with Crippen molar-refractivity contribution in [2.24, 2.45) is 10.9 Å². The molecule has 0 amide bonds. The third-order valence-corrected chi connectivity index (χ3v) is 5.06. The fourth-order valence-electron chi connectivity index (χ4n) is 3.16. The molecule has 0 aliphatic heterocycles. The van der Waals surface area contributed by atoms with Crippen LogP contribution in [0.4, 0.5) is 18.9 Å². The molecule has 0 spiro atoms. The quantitative estimate of drug-likeness (QED) is 0.200. The molecular weight excluding hydrogens is 407 g/mol. The summed E-state index contributed by atoms with van der Waals surface area (Å²) in [6.45, 7) is 6.15. The Morgan fingerprint density at radius 2 is 1.81 bits per heavy atom. The lowest BCUT2D eigenvalue weighted by Crippen LogP contribution is -2.18. The van der Waals surface area contributed by atoms with Crippen LogP contribution in [0.25, 0.3) is 5.70 Å². The third kappa shape index (κ3) is 11.0. The van der Waals surface area contributed by atoms with Gasteiger partial charge in [0, 0.05) is 20.0 Å². The van der Waals surface area contributed by atoms with Gasteiger partial charge in [-0.1, -0.05) is 32.1 Å². The van der Waals surface area contributed by atoms with Crippen LogP contribution in [0, 0.1) is 5.92 Å². The number of alkyl halides is 3. The summed E-state index contributed by atoms with van der Waals surface area (Å²) in [5.41, 5.74) is 2.14. The molecule has 0 N–H and O–H groups in total. The van der Waals surface area contributed by atoms with E-state index in [1.807, 2.05) is 19.2 Å². The molecule has 0 aliphatic carbocycles. The summed E-state index contributed by atoms with van der Waals surface area (Å²) >= 11 is 0. The molecule has 0 saturated carbocycles. The first kappa shape index (κ1) is 26.7. The minimum Gasteiger partial charge on any atom is -0.469 e. The van der Waals surface area contributed by atoms with Gasteiger partial charge in [0.2, 0.25) is 0 Å². The van der Waals surface area contributed by atoms with Crippen LogP contribution in [0.15, 0.2) is 29.4 Å². The van der Waals surface area contributed by atoms with Crippen molar-refractivity contribution in [2.75, 3.05) is 25.6 Å². The van der Waals surface area contributed by atoms with Crippen LogP contribution in [0.1, 0.15) is 64.0 Å². The molecule has 0 aromatic carbocycles. The van der Waals surface area contributed by atoms with Crippen molar-refractivity contribution in [3.63, 3.8) is 0 Å². The highest BCUT2D eigenvalue weighted by Crippen LogP contribution is 2.23. The Morgan fingerprint density at radius 1 is 1.19 bits per heavy atom. The van der Waals surface area contributed by atoms with E-state index in [9.17, 15) is 18.0 Å². The van der Waals surface area contributed by atoms with E-state index in [4.69, 9.17) is 4.74 Å². The van der Waals surface area contributed by atoms with E-state index in [0.717, 1.165) is 44.3 Å². The van der Waals surface area contributed by atoms with Crippen molar-refractivity contribution < 1.29 is 22.7 Å². The molecule has 0 saturated heterocycles. The number of carbonyl (C=O) groups excluding carboxylic acids is 1. The highest BCUT2D eigenvalue weighted by Gasteiger charge is 2.25. The maximum absolute atomic E-state index is 12.1. The summed E-state index contributed by atoms with van der Waals surface area (Å²) in [7, 11) is 3.34. The van der Waals surface area contributed by atoms with E-state index in [1.165, 1.54) is 7.11 Å². The van der Waals surface area contributed by atoms with Crippen LogP contribution >= 0.6 is 0 Å². The maximum Gasteiger partial charge on any atom is 0.389 e. The van der Waals surface area contributed by atoms with Crippen LogP contribution in [0.5, 0.6) is 0 Å². The van der Waals surface area contributed by atoms with Gasteiger partial charge in [-0.2, -0.15) is 13.2 Å². The van der Waals surface area contributed by atoms with Gasteiger partial charge in [0.1, 0.15) is 0 Å². The number of rotatable bonds is 14. The highest BCUT2D eigenvalue weighted by molar-refractivity contribution is 5.78. The molecule has 1 atom stereocenters. The van der Waals surface area contributed by atoms with Crippen LogP contribution in [0.2, 0.25) is 0 Å². The zero-order valence-corrected chi connectivity index (χ0v) is 18.7. The Morgan fingerprint density at radius 3 is 2.32 bits per heavy atom. The monoisotopic (exact) mass is 441 g/mol. The van der Waals surface area contributed by atoms with Gasteiger partial charge in [0.25, 0.3) is 0 Å². The number of esters is 1. The standard InChI is InChI=1S/C23H34F3N3O2/c1-18(22(30)31-4)16-21(27-2)20-13-12-19(17-28-20)29(3)15-11-9-7-5-6-8-10-14-23(24,25)26/h12-13,16-18H,2,5-11,14-15H2,1,3-4H3/b21-16-/t18-/m0/s1. The van der Waals surface area contributed by atoms with Gasteiger partial charge in [-0.05, 0) is 44.7 Å². The lowest BCUT2D eigenvalue weighted by atomic mass is 10.1. The molecule has 0 fully saturated rings. The predicted molar refractivity (Wildman–Crippen MR) is 119 cm³/mol. The Balaban J connectivity index is 2.37. The molecule has 0 bridgehead atoms. The van der Waals surface area contributed by atoms with Gasteiger partial charge in [-0.25, -0.2) is 0 Å². The van der Waals surface area contributed by atoms with Crippen LogP contribution in [0.3, 0.4) is 0 Å². The molecule has 5 nitrogen and oxygen atoms in total. The molecule has 1 rings (SSSR count). The summed E-state index contributed by atoms with van der Waals surface area (Å²) in [4.78, 5) is 22.1. The zero-order chi connectivity index (χ0) is 23.3. The second-order valence-corrected chi connectivity index (χ2v) is 7.69. The number of nitrogens with zero attached hydrogens (tertiary/aromatic N) is 3. The number of anilines is 1. The Hall–Kier alpha value is -2.38. The van der Waals surface area contributed by atoms with Gasteiger partial charge in [-0.15, -0.1) is 0 Å². The predicted octanol–water partition coefficient (Wildman–Crippen LogP) is 6.05. The summed E-state index contributed by atoms with van der Waals surface area (Å²) in [6.07, 6.45) is 4.55. The second kappa shape index (κ2) is 13.8. The number of carbonyl (C=O) groups is 1. The van der Waals surface area contributed by atoms with Crippen molar-refractivity contribution >= 4 is 24.1 Å². The van der Waals surface area contributed by atoms with E-state index in [1.54, 1.807) is 19.2 Å². The van der Waals surface area contributed by atoms with Gasteiger partial charge >= 0.3 is 12.1 Å². The summed E-state index contributed by atoms with van der Waals surface area (Å²) in [6, 6.07) is 3.79. The van der Waals surface area contributed by atoms with Gasteiger partial charge in [-0.3, -0.25) is 14.8 Å². The average molecular weight is 442 g/mol. The molecular formula is C23H34F3N3O2. The van der Waals surface area contributed by atoms with E-state index >= 15 is 0 Å². The normalized spacial score (nSPS) is 13.0. The lowest BCUT2D eigenvalue weighted by Gasteiger charge is -2.19. The minimum absolute atomic E-state index is 0.231. The van der Waals surface area contributed by atoms with Crippen molar-refractivity contribution in [1.82, 2.24) is 4.98 Å². The fourth-order valence-corrected chi connectivity index (χ4v) is 3.16. The largest absolute Gasteiger partial charge is 0.469 e.